The Balaban J connectivity index is 1.49. The minimum absolute atomic E-state index is 0.656. The Bertz CT molecular complexity index is 1840. The Morgan fingerprint density at radius 3 is 2.11 bits per heavy atom. The lowest BCUT2D eigenvalue weighted by atomic mass is 10.0. The lowest BCUT2D eigenvalue weighted by Gasteiger charge is -2.10. The van der Waals surface area contributed by atoms with Gasteiger partial charge in [0.15, 0.2) is 0 Å². The maximum Gasteiger partial charge on any atom is 0.0780 e. The Morgan fingerprint density at radius 1 is 0.457 bits per heavy atom. The number of benzene rings is 5. The molecule has 0 aliphatic carbocycles. The van der Waals surface area contributed by atoms with E-state index in [0.717, 1.165) is 5.69 Å². The van der Waals surface area contributed by atoms with E-state index in [1.807, 2.05) is 6.20 Å². The molecule has 0 fully saturated rings. The van der Waals surface area contributed by atoms with Crippen LogP contribution in [-0.2, 0) is 0 Å². The van der Waals surface area contributed by atoms with Gasteiger partial charge >= 0.3 is 0 Å². The van der Waals surface area contributed by atoms with E-state index >= 15 is 0 Å². The van der Waals surface area contributed by atoms with Gasteiger partial charge < -0.3 is 0 Å². The molecule has 0 radical (unpaired) electrons. The molecule has 2 heterocycles. The highest BCUT2D eigenvalue weighted by atomic mass is 31.1. The van der Waals surface area contributed by atoms with Crippen molar-refractivity contribution in [1.29, 1.82) is 0 Å². The van der Waals surface area contributed by atoms with E-state index in [2.05, 4.69) is 127 Å². The summed E-state index contributed by atoms with van der Waals surface area (Å²) in [6, 6.07) is 46.2. The van der Waals surface area contributed by atoms with Gasteiger partial charge in [0.05, 0.1) is 5.69 Å². The van der Waals surface area contributed by atoms with Crippen LogP contribution < -0.4 is 0 Å². The number of rotatable bonds is 3. The fraction of sp³-hybridized carbons (Fsp3) is 0. The van der Waals surface area contributed by atoms with Crippen LogP contribution in [0.4, 0.5) is 0 Å². The molecular formula is C33H22NP. The van der Waals surface area contributed by atoms with Crippen molar-refractivity contribution in [3.63, 3.8) is 0 Å². The highest BCUT2D eigenvalue weighted by Gasteiger charge is 2.15. The van der Waals surface area contributed by atoms with E-state index in [-0.39, 0.29) is 0 Å². The van der Waals surface area contributed by atoms with Crippen molar-refractivity contribution in [3.8, 4) is 27.7 Å². The lowest BCUT2D eigenvalue weighted by Crippen LogP contribution is -1.85. The van der Waals surface area contributed by atoms with Crippen molar-refractivity contribution in [2.24, 2.45) is 0 Å². The quantitative estimate of drug-likeness (QED) is 0.254. The SMILES string of the molecule is c1ccc(-c2ccc3c4ccccc4p(-c4cccc(-c5nccc6ccccc56)c4)c3c2)cc1. The highest BCUT2D eigenvalue weighted by molar-refractivity contribution is 7.67. The van der Waals surface area contributed by atoms with Gasteiger partial charge in [-0.05, 0) is 50.8 Å². The first-order valence-corrected chi connectivity index (χ1v) is 13.2. The minimum Gasteiger partial charge on any atom is -0.256 e. The molecule has 164 valence electrons. The van der Waals surface area contributed by atoms with Gasteiger partial charge in [-0.15, -0.1) is 0 Å². The Morgan fingerprint density at radius 2 is 1.20 bits per heavy atom. The number of nitrogens with zero attached hydrogens (tertiary/aromatic N) is 1. The van der Waals surface area contributed by atoms with Crippen molar-refractivity contribution in [1.82, 2.24) is 4.98 Å². The molecule has 1 atom stereocenters. The molecule has 0 N–H and O–H groups in total. The maximum atomic E-state index is 4.79. The molecular weight excluding hydrogens is 441 g/mol. The zero-order valence-electron chi connectivity index (χ0n) is 19.1. The average Bonchev–Trinajstić information content (AvgIpc) is 3.27. The number of aromatic nitrogens is 1. The summed E-state index contributed by atoms with van der Waals surface area (Å²) in [6.45, 7) is 0. The molecule has 5 aromatic carbocycles. The van der Waals surface area contributed by atoms with Crippen LogP contribution in [0.3, 0.4) is 0 Å². The molecule has 35 heavy (non-hydrogen) atoms. The summed E-state index contributed by atoms with van der Waals surface area (Å²) in [7, 11) is -0.656. The maximum absolute atomic E-state index is 4.79. The summed E-state index contributed by atoms with van der Waals surface area (Å²) in [5.74, 6) is 0. The standard InChI is InChI=1S/C33H22NP/c1-2-9-23(10-3-1)25-17-18-30-29-15-6-7-16-31(29)35(32(30)22-25)27-13-8-12-26(21-27)33-28-14-5-4-11-24(28)19-20-34-33/h1-22H. The summed E-state index contributed by atoms with van der Waals surface area (Å²) in [6.07, 6.45) is 1.92. The van der Waals surface area contributed by atoms with Gasteiger partial charge in [0.25, 0.3) is 0 Å². The van der Waals surface area contributed by atoms with Gasteiger partial charge in [0.2, 0.25) is 0 Å². The molecule has 0 saturated carbocycles. The summed E-state index contributed by atoms with van der Waals surface area (Å²) < 4.78 is 0. The number of hydrogen-bond acceptors (Lipinski definition) is 1. The second kappa shape index (κ2) is 8.24. The molecule has 1 nitrogen and oxygen atoms in total. The van der Waals surface area contributed by atoms with Crippen LogP contribution in [0.1, 0.15) is 0 Å². The number of fused-ring (bicyclic) bond motifs is 4. The molecule has 0 aliphatic heterocycles. The minimum atomic E-state index is -0.656. The first-order chi connectivity index (χ1) is 17.4. The van der Waals surface area contributed by atoms with Gasteiger partial charge in [-0.2, -0.15) is 0 Å². The van der Waals surface area contributed by atoms with E-state index in [1.54, 1.807) is 0 Å². The van der Waals surface area contributed by atoms with Crippen LogP contribution in [-0.4, -0.2) is 4.98 Å². The smallest absolute Gasteiger partial charge is 0.0780 e. The van der Waals surface area contributed by atoms with Crippen LogP contribution in [0.5, 0.6) is 0 Å². The second-order valence-electron chi connectivity index (χ2n) is 8.88. The van der Waals surface area contributed by atoms with Gasteiger partial charge in [0, 0.05) is 27.4 Å². The first kappa shape index (κ1) is 20.2. The van der Waals surface area contributed by atoms with Crippen LogP contribution in [0.2, 0.25) is 0 Å². The fourth-order valence-electron chi connectivity index (χ4n) is 5.20. The first-order valence-electron chi connectivity index (χ1n) is 11.9. The topological polar surface area (TPSA) is 12.9 Å². The van der Waals surface area contributed by atoms with Crippen molar-refractivity contribution < 1.29 is 0 Å². The zero-order valence-corrected chi connectivity index (χ0v) is 20.0. The normalized spacial score (nSPS) is 11.9. The monoisotopic (exact) mass is 463 g/mol. The number of pyridine rings is 1. The molecule has 2 aromatic heterocycles. The van der Waals surface area contributed by atoms with E-state index in [4.69, 9.17) is 4.98 Å². The van der Waals surface area contributed by atoms with Crippen LogP contribution in [0.15, 0.2) is 134 Å². The third kappa shape index (κ3) is 3.36. The average molecular weight is 464 g/mol. The molecule has 7 aromatic rings. The molecule has 2 heteroatoms. The van der Waals surface area contributed by atoms with Gasteiger partial charge in [0.1, 0.15) is 0 Å². The van der Waals surface area contributed by atoms with Crippen LogP contribution in [0.25, 0.3) is 59.5 Å². The number of hydrogen-bond donors (Lipinski definition) is 0. The summed E-state index contributed by atoms with van der Waals surface area (Å²) >= 11 is 0. The molecule has 0 bridgehead atoms. The van der Waals surface area contributed by atoms with E-state index in [1.165, 1.54) is 53.8 Å². The fourth-order valence-corrected chi connectivity index (χ4v) is 7.90. The zero-order chi connectivity index (χ0) is 23.2. The van der Waals surface area contributed by atoms with Crippen molar-refractivity contribution in [2.75, 3.05) is 0 Å². The van der Waals surface area contributed by atoms with E-state index in [0.29, 0.717) is 0 Å². The van der Waals surface area contributed by atoms with Gasteiger partial charge in [-0.25, -0.2) is 0 Å². The van der Waals surface area contributed by atoms with Crippen LogP contribution >= 0.6 is 7.53 Å². The summed E-state index contributed by atoms with van der Waals surface area (Å²) in [4.78, 5) is 4.79. The van der Waals surface area contributed by atoms with Gasteiger partial charge in [-0.1, -0.05) is 117 Å². The van der Waals surface area contributed by atoms with Crippen LogP contribution in [0, 0.1) is 0 Å². The summed E-state index contributed by atoms with van der Waals surface area (Å²) in [5, 5.41) is 9.37. The second-order valence-corrected chi connectivity index (χ2v) is 11.0. The molecule has 0 amide bonds. The molecule has 0 saturated heterocycles. The Hall–Kier alpha value is -4.19. The summed E-state index contributed by atoms with van der Waals surface area (Å²) in [5.41, 5.74) is 4.75. The predicted octanol–water partition coefficient (Wildman–Crippen LogP) is 9.85. The van der Waals surface area contributed by atoms with Crippen molar-refractivity contribution in [3.05, 3.63) is 134 Å². The van der Waals surface area contributed by atoms with Crippen molar-refractivity contribution >= 4 is 39.3 Å². The van der Waals surface area contributed by atoms with Gasteiger partial charge in [-0.3, -0.25) is 4.98 Å². The Labute approximate surface area is 205 Å². The molecule has 1 unspecified atom stereocenters. The molecule has 7 rings (SSSR count). The molecule has 0 aliphatic rings. The lowest BCUT2D eigenvalue weighted by molar-refractivity contribution is 1.36. The van der Waals surface area contributed by atoms with Crippen molar-refractivity contribution in [2.45, 2.75) is 0 Å². The third-order valence-corrected chi connectivity index (χ3v) is 9.35. The third-order valence-electron chi connectivity index (χ3n) is 6.83. The highest BCUT2D eigenvalue weighted by Crippen LogP contribution is 2.56. The van der Waals surface area contributed by atoms with E-state index in [9.17, 15) is 0 Å². The molecule has 0 spiro atoms. The van der Waals surface area contributed by atoms with E-state index < -0.39 is 7.53 Å². The predicted molar refractivity (Wildman–Crippen MR) is 152 cm³/mol. The largest absolute Gasteiger partial charge is 0.256 e. The Kier molecular flexibility index (Phi) is 4.75.